The molecule has 0 fully saturated rings. The zero-order chi connectivity index (χ0) is 60.9. The van der Waals surface area contributed by atoms with Gasteiger partial charge in [0.2, 0.25) is 0 Å². The third kappa shape index (κ3) is 24.4. The number of amides is 3. The molecular formula is C51H55Cl2F6I6N7O11. The van der Waals surface area contributed by atoms with Gasteiger partial charge in [-0.2, -0.15) is 26.3 Å². The molecule has 2 atom stereocenters. The van der Waals surface area contributed by atoms with Crippen molar-refractivity contribution in [1.82, 2.24) is 20.2 Å². The van der Waals surface area contributed by atoms with Gasteiger partial charge in [0.15, 0.2) is 0 Å². The van der Waals surface area contributed by atoms with Gasteiger partial charge in [-0.05, 0) is 92.9 Å². The largest absolute Gasteiger partial charge is 0.393 e. The molecule has 0 aliphatic carbocycles. The first-order valence-corrected chi connectivity index (χ1v) is 55.9. The molecule has 4 heterocycles. The number of carbonyl (C=O) groups is 2. The number of rotatable bonds is 15. The monoisotopic (exact) mass is 1890 g/mol. The molecule has 7 rings (SSSR count). The van der Waals surface area contributed by atoms with Crippen molar-refractivity contribution in [2.75, 3.05) is 63.2 Å². The Balaban J connectivity index is 0.000000321. The molecule has 3 aromatic carbocycles. The summed E-state index contributed by atoms with van der Waals surface area (Å²) in [6.07, 6.45) is -3.92. The smallest absolute Gasteiger partial charge is 0.104 e. The topological polar surface area (TPSA) is 251 Å². The number of ether oxygens (including phenoxy) is 3. The van der Waals surface area contributed by atoms with Crippen molar-refractivity contribution in [1.29, 1.82) is 0 Å². The second kappa shape index (κ2) is 36.6. The minimum absolute atomic E-state index is 0. The Bertz CT molecular complexity index is 3010. The Morgan fingerprint density at radius 2 is 1.23 bits per heavy atom. The van der Waals surface area contributed by atoms with Crippen LogP contribution in [0.15, 0.2) is 97.3 Å². The molecule has 83 heavy (non-hydrogen) atoms. The maximum Gasteiger partial charge on any atom is 0.104 e. The van der Waals surface area contributed by atoms with E-state index in [9.17, 15) is 56.3 Å². The van der Waals surface area contributed by atoms with Crippen LogP contribution in [-0.2, 0) is 12.4 Å². The number of aliphatic hydroxyl groups is 4. The summed E-state index contributed by atoms with van der Waals surface area (Å²) in [4.78, 5) is 44.4. The molecule has 458 valence electrons. The number of pyridine rings is 2. The molecule has 0 saturated heterocycles. The summed E-state index contributed by atoms with van der Waals surface area (Å²) in [5.74, 6) is -0.739. The zero-order valence-electron chi connectivity index (χ0n) is 42.7. The number of carbonyl (C=O) groups excluding carboxylic acids is 2. The van der Waals surface area contributed by atoms with Crippen LogP contribution in [0.1, 0.15) is 80.0 Å². The Morgan fingerprint density at radius 3 is 1.60 bits per heavy atom. The van der Waals surface area contributed by atoms with Crippen molar-refractivity contribution in [3.05, 3.63) is 151 Å². The Morgan fingerprint density at radius 1 is 0.759 bits per heavy atom. The normalized spacial score (nSPS) is 14.1. The van der Waals surface area contributed by atoms with E-state index >= 15 is 0 Å². The molecule has 0 radical (unpaired) electrons. The van der Waals surface area contributed by atoms with E-state index in [1.807, 2.05) is 0 Å². The molecule has 3 amide bonds. The number of aromatic nitrogens is 2. The fourth-order valence-corrected chi connectivity index (χ4v) is 7.76. The third-order valence-electron chi connectivity index (χ3n) is 11.0. The average Bonchev–Trinajstić information content (AvgIpc) is 3.58. The van der Waals surface area contributed by atoms with Crippen LogP contribution in [0.5, 0.6) is 17.2 Å². The summed E-state index contributed by atoms with van der Waals surface area (Å²) in [5.41, 5.74) is 2.34. The first kappa shape index (κ1) is 74.6. The minimum Gasteiger partial charge on any atom is -0.393 e. The Kier molecular flexibility index (Phi) is 32.9. The summed E-state index contributed by atoms with van der Waals surface area (Å²) in [6.45, 7) is 4.74. The molecule has 2 aromatic heterocycles. The number of aliphatic hydroxyl groups excluding tert-OH is 4. The summed E-state index contributed by atoms with van der Waals surface area (Å²) < 4.78 is 93.0. The van der Waals surface area contributed by atoms with Gasteiger partial charge in [0.25, 0.3) is 5.69 Å². The van der Waals surface area contributed by atoms with Gasteiger partial charge in [0.1, 0.15) is 29.5 Å². The number of hydrogen-bond acceptors (Lipinski definition) is 14. The van der Waals surface area contributed by atoms with Gasteiger partial charge in [0, 0.05) is 78.8 Å². The maximum absolute atomic E-state index is 13.1. The first-order chi connectivity index (χ1) is 38.7. The molecule has 0 unspecified atom stereocenters. The van der Waals surface area contributed by atoms with E-state index in [2.05, 4.69) is 106 Å². The summed E-state index contributed by atoms with van der Waals surface area (Å²) >= 11 is 22.9. The zero-order valence-corrected chi connectivity index (χ0v) is 57.1. The number of urea groups is 1. The molecule has 2 aliphatic rings. The van der Waals surface area contributed by atoms with Crippen LogP contribution in [-0.4, -0.2) is 105 Å². The van der Waals surface area contributed by atoms with Crippen molar-refractivity contribution in [2.24, 2.45) is 0 Å². The molecule has 18 nitrogen and oxygen atoms in total. The standard InChI is InChI=1S/C22H23ClF3N3O4.C16H13F3N2O5.C12H15ClN2O2.CH4.I6/c1-2-33-19-10-15(3-4-16(19)22(24,25)26)28-21(32)29-7-5-13(6-8-29)20-17(23)9-14(11-27-20)18(31)12-30;1-2-25-14-9-10(3-8-13(14)16(17,18)19)20-15(22)26-12-6-4-11(5-7-12)21(23)24;13-10-5-9(11(17)7-16)6-15-12(10)8-1-3-14-4-2-8;;1-5(2)6(3)4/h3-5,9-11,18,30-31H,2,6-8,12H2,1H3,(H,28,32);3-9H,2H2,1H3,(H,20,22);1,5-6,11,14,16-17H,2-4,7H2;1H4;/t18-;;11-;;/m1.1../s1. The van der Waals surface area contributed by atoms with Crippen LogP contribution < -0.4 is 30.2 Å². The predicted molar refractivity (Wildman–Crippen MR) is 360 cm³/mol. The van der Waals surface area contributed by atoms with Gasteiger partial charge in [-0.3, -0.25) is 25.4 Å². The fourth-order valence-electron chi connectivity index (χ4n) is 7.17. The third-order valence-corrected chi connectivity index (χ3v) is 177. The molecular weight excluding hydrogens is 1830 g/mol. The molecule has 0 spiro atoms. The number of nitrogens with one attached hydrogen (secondary N) is 3. The van der Waals surface area contributed by atoms with Crippen LogP contribution in [0.25, 0.3) is 11.1 Å². The van der Waals surface area contributed by atoms with E-state index < -0.39 is 65.1 Å². The van der Waals surface area contributed by atoms with Gasteiger partial charge >= 0.3 is 115 Å². The van der Waals surface area contributed by atoms with E-state index in [0.717, 1.165) is 78.8 Å². The number of hydrogen-bond donors (Lipinski definition) is 7. The van der Waals surface area contributed by atoms with Crippen molar-refractivity contribution in [3.63, 3.8) is 0 Å². The number of halogens is 14. The Hall–Kier alpha value is -2.68. The molecule has 2 aliphatic heterocycles. The van der Waals surface area contributed by atoms with Crippen LogP contribution in [0.3, 0.4) is 0 Å². The van der Waals surface area contributed by atoms with Crippen LogP contribution >= 0.6 is 113 Å². The van der Waals surface area contributed by atoms with E-state index in [1.165, 1.54) is 42.3 Å². The second-order valence-corrected chi connectivity index (χ2v) is 115. The van der Waals surface area contributed by atoms with Gasteiger partial charge in [-0.25, -0.2) is 9.59 Å². The van der Waals surface area contributed by atoms with E-state index in [-0.39, 0.29) is 78.1 Å². The summed E-state index contributed by atoms with van der Waals surface area (Å²) in [5, 5.41) is 56.5. The number of nitro groups is 1. The number of non-ortho nitro benzene ring substituents is 1. The number of benzene rings is 3. The van der Waals surface area contributed by atoms with E-state index in [4.69, 9.17) is 47.6 Å². The van der Waals surface area contributed by atoms with Crippen LogP contribution in [0.4, 0.5) is 53.0 Å². The molecule has 32 heteroatoms. The molecule has 7 N–H and O–H groups in total. The minimum atomic E-state index is -4.59. The van der Waals surface area contributed by atoms with Crippen molar-refractivity contribution in [3.8, 4) is 17.2 Å². The fraction of sp³-hybridized carbons (Fsp3) is 0.333. The summed E-state index contributed by atoms with van der Waals surface area (Å²) in [6, 6.07) is 13.5. The van der Waals surface area contributed by atoms with Crippen molar-refractivity contribution >= 4 is 154 Å². The van der Waals surface area contributed by atoms with Crippen LogP contribution in [0, 0.1) is 10.1 Å². The molecule has 0 saturated carbocycles. The van der Waals surface area contributed by atoms with E-state index in [1.54, 1.807) is 25.3 Å². The van der Waals surface area contributed by atoms with Crippen LogP contribution in [0.2, 0.25) is 10.0 Å². The molecule has 0 bridgehead atoms. The maximum atomic E-state index is 13.1. The number of nitrogens with zero attached hydrogens (tertiary/aromatic N) is 4. The van der Waals surface area contributed by atoms with Crippen molar-refractivity contribution in [2.45, 2.75) is 58.7 Å². The number of nitro benzene ring substituents is 1. The number of anilines is 2. The van der Waals surface area contributed by atoms with Gasteiger partial charge in [0.05, 0.1) is 63.9 Å². The van der Waals surface area contributed by atoms with Crippen molar-refractivity contribution < 1.29 is 75.5 Å². The average molecular weight is 1890 g/mol. The SMILES string of the molecule is C.CCOc1cc(NC(=O)N2CC=C(c3ncc([C@H](O)CO)cc3Cl)CC2)ccc1C(F)(F)F.CCOc1cc(NC(=O)Oc2ccc([N+](=O)[O-])cc2)ccc1C(F)(F)F.II(I)I(I)I.OC[C@@H](O)c1cnc(C2=CCNCC2)c(Cl)c1. The summed E-state index contributed by atoms with van der Waals surface area (Å²) in [7, 11) is -0.628. The Labute approximate surface area is 533 Å². The quantitative estimate of drug-likeness (QED) is 0.0223. The van der Waals surface area contributed by atoms with Gasteiger partial charge in [-0.1, -0.05) is 42.8 Å². The van der Waals surface area contributed by atoms with Gasteiger partial charge in [-0.15, -0.1) is 0 Å². The van der Waals surface area contributed by atoms with E-state index in [0.29, 0.717) is 39.8 Å². The number of alkyl halides is 6. The predicted octanol–water partition coefficient (Wildman–Crippen LogP) is 16.2. The second-order valence-electron chi connectivity index (χ2n) is 16.5. The molecule has 5 aromatic rings. The van der Waals surface area contributed by atoms with Gasteiger partial charge < -0.3 is 50.2 Å². The first-order valence-electron chi connectivity index (χ1n) is 23.7.